The summed E-state index contributed by atoms with van der Waals surface area (Å²) in [4.78, 5) is 11.8. The number of nitrogens with zero attached hydrogens (tertiary/aromatic N) is 1. The summed E-state index contributed by atoms with van der Waals surface area (Å²) in [6.07, 6.45) is 3.67. The third kappa shape index (κ3) is 2.62. The highest BCUT2D eigenvalue weighted by molar-refractivity contribution is 5.97. The average molecular weight is 259 g/mol. The Balaban J connectivity index is 2.57. The molecule has 19 heavy (non-hydrogen) atoms. The number of esters is 1. The normalized spacial score (nSPS) is 10.7. The van der Waals surface area contributed by atoms with Crippen molar-refractivity contribution < 1.29 is 14.6 Å². The van der Waals surface area contributed by atoms with E-state index in [1.807, 2.05) is 30.7 Å². The van der Waals surface area contributed by atoms with Crippen LogP contribution in [0.5, 0.6) is 5.75 Å². The van der Waals surface area contributed by atoms with Gasteiger partial charge in [0, 0.05) is 24.0 Å². The molecule has 0 unspecified atom stereocenters. The van der Waals surface area contributed by atoms with Crippen LogP contribution in [0.1, 0.15) is 30.2 Å². The zero-order valence-electron chi connectivity index (χ0n) is 11.3. The number of methoxy groups -OCH3 is 1. The molecule has 2 aromatic rings. The lowest BCUT2D eigenvalue weighted by Crippen LogP contribution is -2.02. The Labute approximate surface area is 112 Å². The maximum Gasteiger partial charge on any atom is 0.340 e. The van der Waals surface area contributed by atoms with Crippen molar-refractivity contribution in [2.24, 2.45) is 0 Å². The Bertz CT molecular complexity index is 599. The summed E-state index contributed by atoms with van der Waals surface area (Å²) in [5.74, 6) is -0.205. The summed E-state index contributed by atoms with van der Waals surface area (Å²) >= 11 is 0. The summed E-state index contributed by atoms with van der Waals surface area (Å²) in [6.45, 7) is 4.07. The van der Waals surface area contributed by atoms with E-state index < -0.39 is 0 Å². The monoisotopic (exact) mass is 259 g/mol. The first-order chi connectivity index (χ1) is 9.02. The number of phenols is 1. The van der Waals surface area contributed by atoms with Gasteiger partial charge in [-0.1, -0.05) is 12.1 Å². The summed E-state index contributed by atoms with van der Waals surface area (Å²) in [7, 11) is 1.36. The van der Waals surface area contributed by atoms with Gasteiger partial charge >= 0.3 is 5.97 Å². The van der Waals surface area contributed by atoms with Crippen LogP contribution in [0.2, 0.25) is 0 Å². The van der Waals surface area contributed by atoms with E-state index >= 15 is 0 Å². The van der Waals surface area contributed by atoms with Gasteiger partial charge in [-0.25, -0.2) is 4.79 Å². The topological polar surface area (TPSA) is 51.5 Å². The molecule has 1 N–H and O–H groups in total. The van der Waals surface area contributed by atoms with E-state index in [9.17, 15) is 9.90 Å². The van der Waals surface area contributed by atoms with Crippen LogP contribution in [0.15, 0.2) is 36.7 Å². The lowest BCUT2D eigenvalue weighted by Gasteiger charge is -2.05. The highest BCUT2D eigenvalue weighted by Gasteiger charge is 2.17. The minimum Gasteiger partial charge on any atom is -0.508 e. The highest BCUT2D eigenvalue weighted by atomic mass is 16.5. The molecule has 100 valence electrons. The van der Waals surface area contributed by atoms with Crippen LogP contribution in [0.25, 0.3) is 11.1 Å². The van der Waals surface area contributed by atoms with E-state index in [-0.39, 0.29) is 17.8 Å². The van der Waals surface area contributed by atoms with Gasteiger partial charge in [-0.2, -0.15) is 0 Å². The van der Waals surface area contributed by atoms with E-state index in [4.69, 9.17) is 4.74 Å². The first-order valence-corrected chi connectivity index (χ1v) is 6.12. The predicted molar refractivity (Wildman–Crippen MR) is 73.3 cm³/mol. The van der Waals surface area contributed by atoms with Gasteiger partial charge < -0.3 is 14.4 Å². The van der Waals surface area contributed by atoms with Crippen molar-refractivity contribution in [3.05, 3.63) is 42.2 Å². The Morgan fingerprint density at radius 1 is 1.32 bits per heavy atom. The van der Waals surface area contributed by atoms with E-state index in [1.54, 1.807) is 24.4 Å². The van der Waals surface area contributed by atoms with Gasteiger partial charge in [0.2, 0.25) is 0 Å². The van der Waals surface area contributed by atoms with Crippen LogP contribution < -0.4 is 0 Å². The molecule has 0 radical (unpaired) electrons. The van der Waals surface area contributed by atoms with Gasteiger partial charge in [-0.15, -0.1) is 0 Å². The Morgan fingerprint density at radius 3 is 2.63 bits per heavy atom. The maximum atomic E-state index is 11.8. The molecule has 2 rings (SSSR count). The zero-order chi connectivity index (χ0) is 14.0. The number of hydrogen-bond acceptors (Lipinski definition) is 3. The Hall–Kier alpha value is -2.23. The highest BCUT2D eigenvalue weighted by Crippen LogP contribution is 2.29. The van der Waals surface area contributed by atoms with Gasteiger partial charge in [-0.05, 0) is 31.5 Å². The van der Waals surface area contributed by atoms with Gasteiger partial charge in [0.15, 0.2) is 0 Å². The first kappa shape index (κ1) is 13.2. The molecule has 4 heteroatoms. The zero-order valence-corrected chi connectivity index (χ0v) is 11.3. The van der Waals surface area contributed by atoms with Crippen LogP contribution in [0, 0.1) is 0 Å². The predicted octanol–water partition coefficient (Wildman–Crippen LogP) is 3.23. The van der Waals surface area contributed by atoms with Crippen molar-refractivity contribution in [2.75, 3.05) is 7.11 Å². The number of aromatic nitrogens is 1. The van der Waals surface area contributed by atoms with Crippen LogP contribution in [-0.4, -0.2) is 22.8 Å². The fourth-order valence-electron chi connectivity index (χ4n) is 1.95. The van der Waals surface area contributed by atoms with Crippen LogP contribution in [-0.2, 0) is 4.74 Å². The fraction of sp³-hybridized carbons (Fsp3) is 0.267. The average Bonchev–Trinajstić information content (AvgIpc) is 2.83. The number of aromatic hydroxyl groups is 1. The molecule has 1 aromatic heterocycles. The van der Waals surface area contributed by atoms with E-state index in [1.165, 1.54) is 7.11 Å². The fourth-order valence-corrected chi connectivity index (χ4v) is 1.95. The second-order valence-corrected chi connectivity index (χ2v) is 4.67. The second kappa shape index (κ2) is 5.18. The molecule has 0 fully saturated rings. The molecule has 0 spiro atoms. The SMILES string of the molecule is COC(=O)c1cn(C(C)C)cc1-c1cccc(O)c1. The van der Waals surface area contributed by atoms with Crippen molar-refractivity contribution in [3.63, 3.8) is 0 Å². The van der Waals surface area contributed by atoms with Crippen LogP contribution >= 0.6 is 0 Å². The van der Waals surface area contributed by atoms with E-state index in [0.29, 0.717) is 5.56 Å². The largest absolute Gasteiger partial charge is 0.508 e. The molecular weight excluding hydrogens is 242 g/mol. The van der Waals surface area contributed by atoms with Gasteiger partial charge in [0.05, 0.1) is 12.7 Å². The molecule has 4 nitrogen and oxygen atoms in total. The minimum atomic E-state index is -0.377. The number of carbonyl (C=O) groups is 1. The summed E-state index contributed by atoms with van der Waals surface area (Å²) in [6, 6.07) is 7.08. The lowest BCUT2D eigenvalue weighted by atomic mass is 10.0. The van der Waals surface area contributed by atoms with Gasteiger partial charge in [-0.3, -0.25) is 0 Å². The summed E-state index contributed by atoms with van der Waals surface area (Å²) in [5, 5.41) is 9.55. The molecule has 0 amide bonds. The van der Waals surface area contributed by atoms with Crippen molar-refractivity contribution in [1.29, 1.82) is 0 Å². The van der Waals surface area contributed by atoms with Crippen LogP contribution in [0.4, 0.5) is 0 Å². The standard InChI is InChI=1S/C15H17NO3/c1-10(2)16-8-13(14(9-16)15(18)19-3)11-5-4-6-12(17)7-11/h4-10,17H,1-3H3. The third-order valence-corrected chi connectivity index (χ3v) is 3.01. The number of ether oxygens (including phenoxy) is 1. The minimum absolute atomic E-state index is 0.172. The Morgan fingerprint density at radius 2 is 2.05 bits per heavy atom. The molecule has 0 saturated heterocycles. The molecule has 0 bridgehead atoms. The molecule has 0 aliphatic carbocycles. The first-order valence-electron chi connectivity index (χ1n) is 6.12. The summed E-state index contributed by atoms with van der Waals surface area (Å²) in [5.41, 5.74) is 2.05. The van der Waals surface area contributed by atoms with Crippen molar-refractivity contribution in [3.8, 4) is 16.9 Å². The number of carbonyl (C=O) groups excluding carboxylic acids is 1. The van der Waals surface area contributed by atoms with Crippen molar-refractivity contribution in [2.45, 2.75) is 19.9 Å². The molecular formula is C15H17NO3. The molecule has 0 atom stereocenters. The van der Waals surface area contributed by atoms with Crippen molar-refractivity contribution >= 4 is 5.97 Å². The van der Waals surface area contributed by atoms with Gasteiger partial charge in [0.25, 0.3) is 0 Å². The lowest BCUT2D eigenvalue weighted by molar-refractivity contribution is 0.0601. The molecule has 0 aliphatic rings. The quantitative estimate of drug-likeness (QED) is 0.861. The molecule has 0 aliphatic heterocycles. The number of benzene rings is 1. The van der Waals surface area contributed by atoms with E-state index in [0.717, 1.165) is 11.1 Å². The number of rotatable bonds is 3. The smallest absolute Gasteiger partial charge is 0.340 e. The van der Waals surface area contributed by atoms with E-state index in [2.05, 4.69) is 0 Å². The number of phenolic OH excluding ortho intramolecular Hbond substituents is 1. The van der Waals surface area contributed by atoms with Gasteiger partial charge in [0.1, 0.15) is 5.75 Å². The second-order valence-electron chi connectivity index (χ2n) is 4.67. The maximum absolute atomic E-state index is 11.8. The van der Waals surface area contributed by atoms with Crippen LogP contribution in [0.3, 0.4) is 0 Å². The Kier molecular flexibility index (Phi) is 3.60. The third-order valence-electron chi connectivity index (χ3n) is 3.01. The van der Waals surface area contributed by atoms with Crippen molar-refractivity contribution in [1.82, 2.24) is 4.57 Å². The molecule has 1 aromatic carbocycles. The number of hydrogen-bond donors (Lipinski definition) is 1. The molecule has 0 saturated carbocycles. The molecule has 1 heterocycles. The summed E-state index contributed by atoms with van der Waals surface area (Å²) < 4.78 is 6.76.